The maximum atomic E-state index is 6.55. The highest BCUT2D eigenvalue weighted by molar-refractivity contribution is 6.62. The second-order valence-electron chi connectivity index (χ2n) is 13.7. The van der Waals surface area contributed by atoms with Gasteiger partial charge < -0.3 is 19.6 Å². The Balaban J connectivity index is 1.23. The van der Waals surface area contributed by atoms with Gasteiger partial charge in [0.25, 0.3) is 0 Å². The number of aromatic amines is 1. The quantitative estimate of drug-likeness (QED) is 0.385. The molecule has 1 saturated carbocycles. The molecule has 2 N–H and O–H groups in total. The Hall–Kier alpha value is -2.41. The van der Waals surface area contributed by atoms with E-state index in [9.17, 15) is 0 Å². The molecule has 4 aliphatic rings. The van der Waals surface area contributed by atoms with Gasteiger partial charge in [-0.25, -0.2) is 4.98 Å². The lowest BCUT2D eigenvalue weighted by Crippen LogP contribution is -2.41. The molecule has 3 aromatic rings. The molecule has 0 radical (unpaired) electrons. The summed E-state index contributed by atoms with van der Waals surface area (Å²) in [6, 6.07) is 14.1. The van der Waals surface area contributed by atoms with Crippen LogP contribution in [0.15, 0.2) is 42.6 Å². The average molecular weight is 524 g/mol. The fraction of sp³-hybridized carbons (Fsp3) is 0.545. The first-order valence-corrected chi connectivity index (χ1v) is 15.1. The van der Waals surface area contributed by atoms with Crippen LogP contribution in [0.1, 0.15) is 96.1 Å². The number of nitrogens with zero attached hydrogens (tertiary/aromatic N) is 1. The number of hydrogen-bond acceptors (Lipinski definition) is 4. The fourth-order valence-electron chi connectivity index (χ4n) is 7.62. The molecule has 2 aromatic carbocycles. The van der Waals surface area contributed by atoms with Crippen LogP contribution in [-0.4, -0.2) is 34.8 Å². The summed E-state index contributed by atoms with van der Waals surface area (Å²) in [6.07, 6.45) is 10.7. The normalized spacial score (nSPS) is 26.5. The van der Waals surface area contributed by atoms with E-state index in [2.05, 4.69) is 81.3 Å². The standard InChI is InChI=1S/C33H42BN3O2/c1-21-18-27(35-19-21)30-36-20-28(37-30)23-10-8-22(9-11-23)24-12-13-26(34-38-31(2,3)32(4,5)39-34)25-14-17-33(29(24)25)15-6-7-16-33/h8-13,20-21,27,35H,6-7,14-19H2,1-5H3,(H,36,37). The predicted molar refractivity (Wildman–Crippen MR) is 158 cm³/mol. The Labute approximate surface area is 233 Å². The number of imidazole rings is 1. The SMILES string of the molecule is CC1CNC(c2ncc(-c3ccc(-c4ccc(B5OC(C)(C)C(C)(C)O5)c5c4C4(CCCC4)CC5)cc3)[nH]2)C1. The fourth-order valence-corrected chi connectivity index (χ4v) is 7.62. The number of H-pyrrole nitrogens is 1. The van der Waals surface area contributed by atoms with E-state index >= 15 is 0 Å². The summed E-state index contributed by atoms with van der Waals surface area (Å²) in [4.78, 5) is 8.29. The number of nitrogens with one attached hydrogen (secondary N) is 2. The van der Waals surface area contributed by atoms with Crippen molar-refractivity contribution in [2.75, 3.05) is 6.54 Å². The van der Waals surface area contributed by atoms with E-state index in [1.165, 1.54) is 59.8 Å². The van der Waals surface area contributed by atoms with Gasteiger partial charge in [-0.3, -0.25) is 0 Å². The van der Waals surface area contributed by atoms with Gasteiger partial charge >= 0.3 is 7.12 Å². The van der Waals surface area contributed by atoms with Crippen LogP contribution in [-0.2, 0) is 21.1 Å². The van der Waals surface area contributed by atoms with Gasteiger partial charge in [-0.2, -0.15) is 0 Å². The van der Waals surface area contributed by atoms with Crippen LogP contribution >= 0.6 is 0 Å². The minimum Gasteiger partial charge on any atom is -0.399 e. The molecular formula is C33H42BN3O2. The highest BCUT2D eigenvalue weighted by Crippen LogP contribution is 2.53. The molecule has 5 nitrogen and oxygen atoms in total. The van der Waals surface area contributed by atoms with Crippen LogP contribution in [0.3, 0.4) is 0 Å². The number of fused-ring (bicyclic) bond motifs is 2. The molecule has 2 atom stereocenters. The third kappa shape index (κ3) is 4.13. The van der Waals surface area contributed by atoms with Crippen molar-refractivity contribution in [2.24, 2.45) is 5.92 Å². The van der Waals surface area contributed by atoms with Crippen molar-refractivity contribution < 1.29 is 9.31 Å². The van der Waals surface area contributed by atoms with Gasteiger partial charge in [0.2, 0.25) is 0 Å². The molecule has 6 heteroatoms. The number of benzene rings is 2. The van der Waals surface area contributed by atoms with Gasteiger partial charge in [-0.15, -0.1) is 0 Å². The van der Waals surface area contributed by atoms with Crippen LogP contribution in [0.4, 0.5) is 0 Å². The van der Waals surface area contributed by atoms with Gasteiger partial charge in [0.05, 0.1) is 29.1 Å². The second-order valence-corrected chi connectivity index (χ2v) is 13.7. The van der Waals surface area contributed by atoms with Crippen molar-refractivity contribution in [3.63, 3.8) is 0 Å². The van der Waals surface area contributed by atoms with Crippen LogP contribution in [0, 0.1) is 5.92 Å². The summed E-state index contributed by atoms with van der Waals surface area (Å²) in [6.45, 7) is 12.0. The van der Waals surface area contributed by atoms with Gasteiger partial charge in [0.1, 0.15) is 5.82 Å². The Morgan fingerprint density at radius 1 is 0.897 bits per heavy atom. The lowest BCUT2D eigenvalue weighted by atomic mass is 9.70. The Morgan fingerprint density at radius 3 is 2.26 bits per heavy atom. The van der Waals surface area contributed by atoms with Crippen molar-refractivity contribution in [2.45, 2.75) is 102 Å². The maximum absolute atomic E-state index is 6.55. The summed E-state index contributed by atoms with van der Waals surface area (Å²) in [5.74, 6) is 1.75. The van der Waals surface area contributed by atoms with Crippen LogP contribution in [0.2, 0.25) is 0 Å². The molecule has 7 rings (SSSR count). The lowest BCUT2D eigenvalue weighted by Gasteiger charge is -2.32. The molecule has 3 heterocycles. The van der Waals surface area contributed by atoms with Gasteiger partial charge in [0, 0.05) is 0 Å². The van der Waals surface area contributed by atoms with Gasteiger partial charge in [-0.1, -0.05) is 56.2 Å². The molecule has 1 aromatic heterocycles. The van der Waals surface area contributed by atoms with Gasteiger partial charge in [-0.05, 0) is 111 Å². The first-order valence-electron chi connectivity index (χ1n) is 15.1. The van der Waals surface area contributed by atoms with Crippen molar-refractivity contribution in [3.8, 4) is 22.4 Å². The molecule has 2 saturated heterocycles. The van der Waals surface area contributed by atoms with E-state index in [4.69, 9.17) is 14.3 Å². The number of aromatic nitrogens is 2. The molecular weight excluding hydrogens is 481 g/mol. The molecule has 0 amide bonds. The van der Waals surface area contributed by atoms with E-state index in [0.717, 1.165) is 30.9 Å². The Bertz CT molecular complexity index is 1370. The molecule has 2 aliphatic heterocycles. The largest absolute Gasteiger partial charge is 0.495 e. The smallest absolute Gasteiger partial charge is 0.399 e. The van der Waals surface area contributed by atoms with Crippen molar-refractivity contribution in [1.29, 1.82) is 0 Å². The zero-order valence-corrected chi connectivity index (χ0v) is 24.2. The van der Waals surface area contributed by atoms with Crippen LogP contribution in [0.25, 0.3) is 22.4 Å². The summed E-state index contributed by atoms with van der Waals surface area (Å²) >= 11 is 0. The van der Waals surface area contributed by atoms with E-state index in [-0.39, 0.29) is 18.3 Å². The first kappa shape index (κ1) is 25.6. The summed E-state index contributed by atoms with van der Waals surface area (Å²) < 4.78 is 13.1. The summed E-state index contributed by atoms with van der Waals surface area (Å²) in [5, 5.41) is 3.59. The maximum Gasteiger partial charge on any atom is 0.495 e. The monoisotopic (exact) mass is 523 g/mol. The zero-order valence-electron chi connectivity index (χ0n) is 24.2. The van der Waals surface area contributed by atoms with Crippen LogP contribution < -0.4 is 10.8 Å². The third-order valence-electron chi connectivity index (χ3n) is 10.6. The van der Waals surface area contributed by atoms with Gasteiger partial charge in [0.15, 0.2) is 0 Å². The van der Waals surface area contributed by atoms with Crippen molar-refractivity contribution >= 4 is 12.6 Å². The van der Waals surface area contributed by atoms with E-state index in [1.54, 1.807) is 5.56 Å². The lowest BCUT2D eigenvalue weighted by molar-refractivity contribution is 0.00578. The van der Waals surface area contributed by atoms with E-state index in [1.807, 2.05) is 6.20 Å². The molecule has 204 valence electrons. The Kier molecular flexibility index (Phi) is 5.93. The molecule has 2 aliphatic carbocycles. The summed E-state index contributed by atoms with van der Waals surface area (Å²) in [7, 11) is -0.302. The van der Waals surface area contributed by atoms with Crippen molar-refractivity contribution in [3.05, 3.63) is 59.5 Å². The van der Waals surface area contributed by atoms with Crippen molar-refractivity contribution in [1.82, 2.24) is 15.3 Å². The topological polar surface area (TPSA) is 59.2 Å². The molecule has 2 unspecified atom stereocenters. The zero-order chi connectivity index (χ0) is 27.0. The average Bonchev–Trinajstić information content (AvgIpc) is 3.73. The minimum absolute atomic E-state index is 0.298. The molecule has 1 spiro atoms. The third-order valence-corrected chi connectivity index (χ3v) is 10.6. The number of hydrogen-bond donors (Lipinski definition) is 2. The van der Waals surface area contributed by atoms with E-state index in [0.29, 0.717) is 17.4 Å². The van der Waals surface area contributed by atoms with Crippen LogP contribution in [0.5, 0.6) is 0 Å². The minimum atomic E-state index is -0.332. The Morgan fingerprint density at radius 2 is 1.59 bits per heavy atom. The molecule has 3 fully saturated rings. The summed E-state index contributed by atoms with van der Waals surface area (Å²) in [5.41, 5.74) is 8.90. The first-order chi connectivity index (χ1) is 18.7. The second kappa shape index (κ2) is 9.05. The molecule has 39 heavy (non-hydrogen) atoms. The highest BCUT2D eigenvalue weighted by atomic mass is 16.7. The molecule has 0 bridgehead atoms. The number of rotatable bonds is 4. The highest BCUT2D eigenvalue weighted by Gasteiger charge is 2.53. The van der Waals surface area contributed by atoms with E-state index < -0.39 is 0 Å². The predicted octanol–water partition coefficient (Wildman–Crippen LogP) is 6.47.